The molecule has 1 heterocycles. The molecule has 0 unspecified atom stereocenters. The van der Waals surface area contributed by atoms with Crippen molar-refractivity contribution < 1.29 is 24.8 Å². The second-order valence-electron chi connectivity index (χ2n) is 2.89. The molecule has 0 aliphatic carbocycles. The van der Waals surface area contributed by atoms with Crippen LogP contribution in [-0.2, 0) is 0 Å². The monoisotopic (exact) mass is 210 g/mol. The van der Waals surface area contributed by atoms with Crippen LogP contribution >= 0.6 is 0 Å². The van der Waals surface area contributed by atoms with E-state index in [4.69, 9.17) is 15.3 Å². The zero-order valence-corrected chi connectivity index (χ0v) is 7.26. The third-order valence-electron chi connectivity index (χ3n) is 1.97. The van der Waals surface area contributed by atoms with Crippen molar-refractivity contribution in [2.24, 2.45) is 0 Å². The van der Waals surface area contributed by atoms with Crippen LogP contribution < -0.4 is 5.43 Å². The first kappa shape index (κ1) is 9.20. The topological polar surface area (TPSA) is 111 Å². The lowest BCUT2D eigenvalue weighted by Crippen LogP contribution is -2.00. The molecular weight excluding hydrogens is 204 g/mol. The van der Waals surface area contributed by atoms with Crippen molar-refractivity contribution in [2.75, 3.05) is 0 Å². The molecule has 0 aliphatic heterocycles. The highest BCUT2D eigenvalue weighted by Crippen LogP contribution is 2.35. The summed E-state index contributed by atoms with van der Waals surface area (Å²) >= 11 is 0. The Balaban J connectivity index is 3.08. The van der Waals surface area contributed by atoms with E-state index in [0.717, 1.165) is 6.07 Å². The van der Waals surface area contributed by atoms with Crippen LogP contribution in [0.4, 0.5) is 0 Å². The van der Waals surface area contributed by atoms with Crippen molar-refractivity contribution >= 4 is 11.0 Å². The number of benzene rings is 1. The quantitative estimate of drug-likeness (QED) is 0.474. The summed E-state index contributed by atoms with van der Waals surface area (Å²) in [4.78, 5) is 11.4. The lowest BCUT2D eigenvalue weighted by Gasteiger charge is -2.03. The molecule has 0 bridgehead atoms. The van der Waals surface area contributed by atoms with Gasteiger partial charge in [-0.25, -0.2) is 0 Å². The largest absolute Gasteiger partial charge is 0.504 e. The maximum absolute atomic E-state index is 11.4. The van der Waals surface area contributed by atoms with Gasteiger partial charge in [0.2, 0.25) is 11.2 Å². The third kappa shape index (κ3) is 1.15. The van der Waals surface area contributed by atoms with Gasteiger partial charge in [0.05, 0.1) is 0 Å². The molecule has 1 aromatic carbocycles. The molecule has 78 valence electrons. The van der Waals surface area contributed by atoms with E-state index >= 15 is 0 Å². The van der Waals surface area contributed by atoms with E-state index in [1.54, 1.807) is 0 Å². The standard InChI is InChI=1S/C9H6O6/c10-3-1-2-4-5(6(3)11)7(12)8(13)9(14)15-4/h1-2,10-11,13-14H. The molecule has 4 N–H and O–H groups in total. The van der Waals surface area contributed by atoms with Crippen molar-refractivity contribution in [2.45, 2.75) is 0 Å². The molecule has 1 aromatic heterocycles. The van der Waals surface area contributed by atoms with Crippen LogP contribution in [0.2, 0.25) is 0 Å². The van der Waals surface area contributed by atoms with Crippen LogP contribution in [0.1, 0.15) is 0 Å². The number of phenolic OH excluding ortho intramolecular Hbond substituents is 2. The molecule has 0 radical (unpaired) electrons. The molecule has 0 spiro atoms. The first-order valence-corrected chi connectivity index (χ1v) is 3.92. The molecule has 0 saturated heterocycles. The van der Waals surface area contributed by atoms with Crippen molar-refractivity contribution in [1.82, 2.24) is 0 Å². The summed E-state index contributed by atoms with van der Waals surface area (Å²) in [7, 11) is 0. The first-order valence-electron chi connectivity index (χ1n) is 3.92. The highest BCUT2D eigenvalue weighted by Gasteiger charge is 2.17. The second kappa shape index (κ2) is 2.81. The van der Waals surface area contributed by atoms with Crippen molar-refractivity contribution in [3.05, 3.63) is 22.4 Å². The van der Waals surface area contributed by atoms with Crippen molar-refractivity contribution in [3.63, 3.8) is 0 Å². The van der Waals surface area contributed by atoms with Gasteiger partial charge < -0.3 is 24.8 Å². The summed E-state index contributed by atoms with van der Waals surface area (Å²) in [5, 5.41) is 36.2. The molecular formula is C9H6O6. The SMILES string of the molecule is O=c1c(O)c(O)oc2ccc(O)c(O)c12. The van der Waals surface area contributed by atoms with Gasteiger partial charge >= 0.3 is 5.95 Å². The molecule has 0 amide bonds. The molecule has 15 heavy (non-hydrogen) atoms. The Hall–Kier alpha value is -2.37. The Bertz CT molecular complexity index is 598. The molecule has 2 rings (SSSR count). The van der Waals surface area contributed by atoms with Gasteiger partial charge in [0.1, 0.15) is 11.0 Å². The summed E-state index contributed by atoms with van der Waals surface area (Å²) in [5.41, 5.74) is -1.15. The summed E-state index contributed by atoms with van der Waals surface area (Å²) < 4.78 is 4.64. The van der Waals surface area contributed by atoms with Gasteiger partial charge in [-0.15, -0.1) is 0 Å². The molecule has 0 fully saturated rings. The predicted molar refractivity (Wildman–Crippen MR) is 49.1 cm³/mol. The van der Waals surface area contributed by atoms with E-state index in [2.05, 4.69) is 4.42 Å². The highest BCUT2D eigenvalue weighted by molar-refractivity contribution is 5.87. The van der Waals surface area contributed by atoms with Gasteiger partial charge in [-0.1, -0.05) is 0 Å². The summed E-state index contributed by atoms with van der Waals surface area (Å²) in [6.07, 6.45) is 0. The Morgan fingerprint density at radius 1 is 1.00 bits per heavy atom. The minimum absolute atomic E-state index is 0.134. The van der Waals surface area contributed by atoms with Gasteiger partial charge in [0, 0.05) is 0 Å². The lowest BCUT2D eigenvalue weighted by molar-refractivity contribution is 0.302. The van der Waals surface area contributed by atoms with Crippen molar-refractivity contribution in [3.8, 4) is 23.2 Å². The smallest absolute Gasteiger partial charge is 0.330 e. The summed E-state index contributed by atoms with van der Waals surface area (Å²) in [6, 6.07) is 2.28. The highest BCUT2D eigenvalue weighted by atomic mass is 16.5. The number of hydrogen-bond acceptors (Lipinski definition) is 6. The Labute approximate surface area is 82.3 Å². The number of rotatable bonds is 0. The number of phenols is 2. The zero-order valence-electron chi connectivity index (χ0n) is 7.26. The van der Waals surface area contributed by atoms with Crippen molar-refractivity contribution in [1.29, 1.82) is 0 Å². The van der Waals surface area contributed by atoms with Crippen LogP contribution in [0.15, 0.2) is 21.3 Å². The van der Waals surface area contributed by atoms with Gasteiger partial charge in [-0.05, 0) is 12.1 Å². The Morgan fingerprint density at radius 3 is 2.33 bits per heavy atom. The molecule has 0 saturated carbocycles. The van der Waals surface area contributed by atoms with E-state index in [9.17, 15) is 9.90 Å². The van der Waals surface area contributed by atoms with Crippen LogP contribution in [-0.4, -0.2) is 20.4 Å². The first-order chi connectivity index (χ1) is 7.02. The average molecular weight is 210 g/mol. The van der Waals surface area contributed by atoms with Crippen LogP contribution in [0, 0.1) is 0 Å². The molecule has 0 atom stereocenters. The fraction of sp³-hybridized carbons (Fsp3) is 0. The number of hydrogen-bond donors (Lipinski definition) is 4. The van der Waals surface area contributed by atoms with Crippen LogP contribution in [0.25, 0.3) is 11.0 Å². The minimum atomic E-state index is -1.01. The maximum atomic E-state index is 11.4. The predicted octanol–water partition coefficient (Wildman–Crippen LogP) is 0.615. The lowest BCUT2D eigenvalue weighted by atomic mass is 10.2. The summed E-state index contributed by atoms with van der Waals surface area (Å²) in [6.45, 7) is 0. The van der Waals surface area contributed by atoms with Gasteiger partial charge in [-0.3, -0.25) is 4.79 Å². The molecule has 2 aromatic rings. The Kier molecular flexibility index (Phi) is 1.72. The zero-order chi connectivity index (χ0) is 11.2. The fourth-order valence-corrected chi connectivity index (χ4v) is 1.23. The molecule has 0 aliphatic rings. The third-order valence-corrected chi connectivity index (χ3v) is 1.97. The van der Waals surface area contributed by atoms with E-state index in [1.165, 1.54) is 6.07 Å². The molecule has 6 nitrogen and oxygen atoms in total. The van der Waals surface area contributed by atoms with E-state index in [1.807, 2.05) is 0 Å². The fourth-order valence-electron chi connectivity index (χ4n) is 1.23. The van der Waals surface area contributed by atoms with Gasteiger partial charge in [-0.2, -0.15) is 0 Å². The molecule has 6 heteroatoms. The Morgan fingerprint density at radius 2 is 1.67 bits per heavy atom. The van der Waals surface area contributed by atoms with Crippen LogP contribution in [0.3, 0.4) is 0 Å². The number of fused-ring (bicyclic) bond motifs is 1. The van der Waals surface area contributed by atoms with Crippen LogP contribution in [0.5, 0.6) is 23.2 Å². The number of aromatic hydroxyl groups is 4. The summed E-state index contributed by atoms with van der Waals surface area (Å²) in [5.74, 6) is -3.16. The van der Waals surface area contributed by atoms with Gasteiger partial charge in [0.15, 0.2) is 11.5 Å². The van der Waals surface area contributed by atoms with E-state index in [0.29, 0.717) is 0 Å². The van der Waals surface area contributed by atoms with E-state index < -0.39 is 28.6 Å². The van der Waals surface area contributed by atoms with Gasteiger partial charge in [0.25, 0.3) is 0 Å². The maximum Gasteiger partial charge on any atom is 0.330 e. The minimum Gasteiger partial charge on any atom is -0.504 e. The van der Waals surface area contributed by atoms with E-state index in [-0.39, 0.29) is 11.0 Å². The second-order valence-corrected chi connectivity index (χ2v) is 2.89. The average Bonchev–Trinajstić information content (AvgIpc) is 2.20. The normalized spacial score (nSPS) is 10.7.